The molecular formula is C14H23N3O. The molecule has 0 bridgehead atoms. The first-order chi connectivity index (χ1) is 8.72. The molecule has 0 aliphatic rings. The second kappa shape index (κ2) is 8.39. The number of nitrogens with zero attached hydrogens (tertiary/aromatic N) is 1. The molecule has 1 aromatic rings. The number of aliphatic imine (C=N–C) groups is 1. The van der Waals surface area contributed by atoms with Crippen LogP contribution in [0.5, 0.6) is 0 Å². The molecular weight excluding hydrogens is 226 g/mol. The van der Waals surface area contributed by atoms with E-state index in [1.165, 1.54) is 0 Å². The van der Waals surface area contributed by atoms with Gasteiger partial charge in [-0.15, -0.1) is 6.58 Å². The van der Waals surface area contributed by atoms with Gasteiger partial charge in [0.15, 0.2) is 5.96 Å². The lowest BCUT2D eigenvalue weighted by molar-refractivity contribution is 0.506. The number of hydrogen-bond donors (Lipinski definition) is 2. The smallest absolute Gasteiger partial charge is 0.191 e. The Morgan fingerprint density at radius 3 is 2.94 bits per heavy atom. The molecule has 1 heterocycles. The Labute approximate surface area is 109 Å². The fourth-order valence-corrected chi connectivity index (χ4v) is 1.38. The van der Waals surface area contributed by atoms with Crippen molar-refractivity contribution in [3.63, 3.8) is 0 Å². The first kappa shape index (κ1) is 14.4. The first-order valence-corrected chi connectivity index (χ1v) is 6.38. The second-order valence-corrected chi connectivity index (χ2v) is 4.51. The van der Waals surface area contributed by atoms with Crippen LogP contribution in [0.2, 0.25) is 0 Å². The highest BCUT2D eigenvalue weighted by Crippen LogP contribution is 1.99. The monoisotopic (exact) mass is 249 g/mol. The molecule has 0 aliphatic heterocycles. The fourth-order valence-electron chi connectivity index (χ4n) is 1.38. The molecule has 1 aromatic heterocycles. The van der Waals surface area contributed by atoms with Crippen molar-refractivity contribution in [2.24, 2.45) is 10.9 Å². The topological polar surface area (TPSA) is 49.6 Å². The van der Waals surface area contributed by atoms with Crippen LogP contribution < -0.4 is 10.6 Å². The van der Waals surface area contributed by atoms with E-state index >= 15 is 0 Å². The van der Waals surface area contributed by atoms with Gasteiger partial charge in [0.05, 0.1) is 6.26 Å². The van der Waals surface area contributed by atoms with Crippen LogP contribution in [0.1, 0.15) is 19.6 Å². The summed E-state index contributed by atoms with van der Waals surface area (Å²) in [6.07, 6.45) is 4.36. The molecule has 0 radical (unpaired) electrons. The van der Waals surface area contributed by atoms with Crippen LogP contribution in [0.15, 0.2) is 40.5 Å². The van der Waals surface area contributed by atoms with Gasteiger partial charge in [-0.1, -0.05) is 19.9 Å². The average molecular weight is 249 g/mol. The fraction of sp³-hybridized carbons (Fsp3) is 0.500. The van der Waals surface area contributed by atoms with Gasteiger partial charge >= 0.3 is 0 Å². The van der Waals surface area contributed by atoms with Crippen LogP contribution in [0.4, 0.5) is 0 Å². The van der Waals surface area contributed by atoms with Crippen LogP contribution >= 0.6 is 0 Å². The van der Waals surface area contributed by atoms with E-state index in [1.807, 2.05) is 18.2 Å². The van der Waals surface area contributed by atoms with Gasteiger partial charge in [0, 0.05) is 26.1 Å². The maximum atomic E-state index is 5.28. The van der Waals surface area contributed by atoms with E-state index in [9.17, 15) is 0 Å². The molecule has 4 heteroatoms. The predicted octanol–water partition coefficient (Wildman–Crippen LogP) is 2.20. The molecule has 100 valence electrons. The standard InChI is InChI=1S/C14H23N3O/c1-4-8-15-14(17-11-12(2)3)16-9-7-13-6-5-10-18-13/h4-6,10,12H,1,7-9,11H2,2-3H3,(H2,15,16,17). The quantitative estimate of drug-likeness (QED) is 0.442. The zero-order valence-electron chi connectivity index (χ0n) is 11.3. The van der Waals surface area contributed by atoms with E-state index in [4.69, 9.17) is 4.42 Å². The first-order valence-electron chi connectivity index (χ1n) is 6.38. The minimum Gasteiger partial charge on any atom is -0.469 e. The van der Waals surface area contributed by atoms with Crippen molar-refractivity contribution in [3.05, 3.63) is 36.8 Å². The van der Waals surface area contributed by atoms with Gasteiger partial charge in [0.2, 0.25) is 0 Å². The molecule has 0 atom stereocenters. The number of rotatable bonds is 7. The van der Waals surface area contributed by atoms with Crippen molar-refractivity contribution in [2.45, 2.75) is 20.3 Å². The summed E-state index contributed by atoms with van der Waals surface area (Å²) >= 11 is 0. The van der Waals surface area contributed by atoms with Gasteiger partial charge in [-0.25, -0.2) is 0 Å². The Morgan fingerprint density at radius 2 is 2.33 bits per heavy atom. The summed E-state index contributed by atoms with van der Waals surface area (Å²) in [5, 5.41) is 6.47. The van der Waals surface area contributed by atoms with E-state index in [1.54, 1.807) is 6.26 Å². The SMILES string of the molecule is C=CCNC(=NCC(C)C)NCCc1ccco1. The molecule has 0 aliphatic carbocycles. The summed E-state index contributed by atoms with van der Waals surface area (Å²) in [5.74, 6) is 2.36. The Kier molecular flexibility index (Phi) is 6.69. The third-order valence-electron chi connectivity index (χ3n) is 2.27. The van der Waals surface area contributed by atoms with Crippen molar-refractivity contribution < 1.29 is 4.42 Å². The molecule has 1 rings (SSSR count). The minimum absolute atomic E-state index is 0.553. The van der Waals surface area contributed by atoms with E-state index in [-0.39, 0.29) is 0 Å². The summed E-state index contributed by atoms with van der Waals surface area (Å²) < 4.78 is 5.28. The van der Waals surface area contributed by atoms with Crippen LogP contribution in [0.25, 0.3) is 0 Å². The molecule has 0 saturated heterocycles. The third kappa shape index (κ3) is 6.13. The summed E-state index contributed by atoms with van der Waals surface area (Å²) in [6.45, 7) is 10.3. The molecule has 4 nitrogen and oxygen atoms in total. The highest BCUT2D eigenvalue weighted by molar-refractivity contribution is 5.79. The van der Waals surface area contributed by atoms with E-state index in [0.29, 0.717) is 12.5 Å². The van der Waals surface area contributed by atoms with Gasteiger partial charge < -0.3 is 15.1 Å². The largest absolute Gasteiger partial charge is 0.469 e. The minimum atomic E-state index is 0.553. The van der Waals surface area contributed by atoms with Gasteiger partial charge in [-0.05, 0) is 18.1 Å². The number of guanidine groups is 1. The van der Waals surface area contributed by atoms with Crippen molar-refractivity contribution >= 4 is 5.96 Å². The van der Waals surface area contributed by atoms with Crippen molar-refractivity contribution in [2.75, 3.05) is 19.6 Å². The molecule has 0 spiro atoms. The molecule has 0 aromatic carbocycles. The van der Waals surface area contributed by atoms with Crippen LogP contribution in [-0.2, 0) is 6.42 Å². The third-order valence-corrected chi connectivity index (χ3v) is 2.27. The maximum Gasteiger partial charge on any atom is 0.191 e. The second-order valence-electron chi connectivity index (χ2n) is 4.51. The van der Waals surface area contributed by atoms with E-state index in [0.717, 1.165) is 31.2 Å². The molecule has 0 fully saturated rings. The van der Waals surface area contributed by atoms with E-state index < -0.39 is 0 Å². The van der Waals surface area contributed by atoms with Crippen molar-refractivity contribution in [1.82, 2.24) is 10.6 Å². The molecule has 2 N–H and O–H groups in total. The number of nitrogens with one attached hydrogen (secondary N) is 2. The molecule has 0 saturated carbocycles. The average Bonchev–Trinajstić information content (AvgIpc) is 2.84. The lowest BCUT2D eigenvalue weighted by atomic mass is 10.2. The zero-order valence-corrected chi connectivity index (χ0v) is 11.3. The maximum absolute atomic E-state index is 5.28. The Bertz CT molecular complexity index is 355. The highest BCUT2D eigenvalue weighted by atomic mass is 16.3. The molecule has 18 heavy (non-hydrogen) atoms. The summed E-state index contributed by atoms with van der Waals surface area (Å²) in [5.41, 5.74) is 0. The summed E-state index contributed by atoms with van der Waals surface area (Å²) in [4.78, 5) is 4.50. The van der Waals surface area contributed by atoms with Gasteiger partial charge in [-0.2, -0.15) is 0 Å². The summed E-state index contributed by atoms with van der Waals surface area (Å²) in [7, 11) is 0. The van der Waals surface area contributed by atoms with E-state index in [2.05, 4.69) is 36.1 Å². The number of hydrogen-bond acceptors (Lipinski definition) is 2. The molecule has 0 amide bonds. The van der Waals surface area contributed by atoms with Gasteiger partial charge in [-0.3, -0.25) is 4.99 Å². The Balaban J connectivity index is 2.35. The van der Waals surface area contributed by atoms with Crippen molar-refractivity contribution in [3.8, 4) is 0 Å². The van der Waals surface area contributed by atoms with Crippen molar-refractivity contribution in [1.29, 1.82) is 0 Å². The van der Waals surface area contributed by atoms with Gasteiger partial charge in [0.1, 0.15) is 5.76 Å². The zero-order chi connectivity index (χ0) is 13.2. The lowest BCUT2D eigenvalue weighted by Crippen LogP contribution is -2.38. The highest BCUT2D eigenvalue weighted by Gasteiger charge is 2.00. The van der Waals surface area contributed by atoms with Crippen LogP contribution in [-0.4, -0.2) is 25.6 Å². The molecule has 0 unspecified atom stereocenters. The van der Waals surface area contributed by atoms with Crippen LogP contribution in [0.3, 0.4) is 0 Å². The summed E-state index contributed by atoms with van der Waals surface area (Å²) in [6, 6.07) is 3.88. The van der Waals surface area contributed by atoms with Gasteiger partial charge in [0.25, 0.3) is 0 Å². The van der Waals surface area contributed by atoms with Crippen LogP contribution in [0, 0.1) is 5.92 Å². The predicted molar refractivity (Wildman–Crippen MR) is 75.8 cm³/mol. The normalized spacial score (nSPS) is 11.6. The Hall–Kier alpha value is -1.71. The Morgan fingerprint density at radius 1 is 1.50 bits per heavy atom. The number of furan rings is 1. The lowest BCUT2D eigenvalue weighted by Gasteiger charge is -2.11.